The van der Waals surface area contributed by atoms with E-state index in [1.165, 1.54) is 16.7 Å². The van der Waals surface area contributed by atoms with Crippen LogP contribution < -0.4 is 15.0 Å². The van der Waals surface area contributed by atoms with Crippen LogP contribution in [-0.4, -0.2) is 36.4 Å². The number of nitrogens with zero attached hydrogens (tertiary/aromatic N) is 2. The molecule has 27 heavy (non-hydrogen) atoms. The van der Waals surface area contributed by atoms with Crippen LogP contribution in [0.15, 0.2) is 53.5 Å². The van der Waals surface area contributed by atoms with E-state index in [0.29, 0.717) is 15.9 Å². The summed E-state index contributed by atoms with van der Waals surface area (Å²) in [7, 11) is 3.24. The zero-order valence-electron chi connectivity index (χ0n) is 14.8. The van der Waals surface area contributed by atoms with Crippen molar-refractivity contribution in [2.24, 2.45) is 4.99 Å². The van der Waals surface area contributed by atoms with E-state index in [-0.39, 0.29) is 18.2 Å². The van der Waals surface area contributed by atoms with Crippen molar-refractivity contribution in [1.29, 1.82) is 0 Å². The van der Waals surface area contributed by atoms with Gasteiger partial charge in [-0.05, 0) is 48.5 Å². The Hall–Kier alpha value is -2.51. The number of anilines is 2. The lowest BCUT2D eigenvalue weighted by Crippen LogP contribution is -2.31. The molecule has 1 N–H and O–H groups in total. The highest BCUT2D eigenvalue weighted by Crippen LogP contribution is 2.31. The number of methoxy groups -OCH3 is 1. The number of hydrogen-bond donors (Lipinski definition) is 1. The zero-order chi connectivity index (χ0) is 19.4. The molecule has 0 bridgehead atoms. The van der Waals surface area contributed by atoms with Crippen molar-refractivity contribution in [3.8, 4) is 5.75 Å². The molecule has 2 aromatic rings. The van der Waals surface area contributed by atoms with Gasteiger partial charge >= 0.3 is 0 Å². The first-order valence-electron chi connectivity index (χ1n) is 8.18. The highest BCUT2D eigenvalue weighted by atomic mass is 35.5. The average Bonchev–Trinajstić information content (AvgIpc) is 2.96. The highest BCUT2D eigenvalue weighted by Gasteiger charge is 2.40. The van der Waals surface area contributed by atoms with Crippen molar-refractivity contribution in [1.82, 2.24) is 0 Å². The van der Waals surface area contributed by atoms with E-state index in [1.807, 2.05) is 24.3 Å². The quantitative estimate of drug-likeness (QED) is 0.477. The number of benzene rings is 2. The van der Waals surface area contributed by atoms with Crippen molar-refractivity contribution in [2.75, 3.05) is 24.4 Å². The third-order valence-electron chi connectivity index (χ3n) is 3.99. The normalized spacial score (nSPS) is 17.4. The van der Waals surface area contributed by atoms with Crippen LogP contribution in [-0.2, 0) is 9.59 Å². The Kier molecular flexibility index (Phi) is 6.03. The SMILES string of the molecule is CN=C(Nc1ccc(OC)cc1)S[C@@H]1CC(=O)N(c2ccc(Cl)cc2)C1=O. The fraction of sp³-hybridized carbons (Fsp3) is 0.211. The van der Waals surface area contributed by atoms with Gasteiger partial charge in [0.2, 0.25) is 11.8 Å². The van der Waals surface area contributed by atoms with Crippen LogP contribution in [0.3, 0.4) is 0 Å². The number of carbonyl (C=O) groups excluding carboxylic acids is 2. The van der Waals surface area contributed by atoms with Crippen LogP contribution in [0.2, 0.25) is 5.02 Å². The molecule has 140 valence electrons. The number of amidine groups is 1. The Morgan fingerprint density at radius 1 is 1.19 bits per heavy atom. The number of aliphatic imine (C=N–C) groups is 1. The van der Waals surface area contributed by atoms with Gasteiger partial charge in [-0.25, -0.2) is 4.90 Å². The van der Waals surface area contributed by atoms with Gasteiger partial charge in [0, 0.05) is 24.2 Å². The second-order valence-electron chi connectivity index (χ2n) is 5.74. The maximum atomic E-state index is 12.7. The highest BCUT2D eigenvalue weighted by molar-refractivity contribution is 8.15. The summed E-state index contributed by atoms with van der Waals surface area (Å²) >= 11 is 7.12. The topological polar surface area (TPSA) is 71.0 Å². The maximum Gasteiger partial charge on any atom is 0.247 e. The number of carbonyl (C=O) groups is 2. The first kappa shape index (κ1) is 19.3. The molecule has 0 unspecified atom stereocenters. The molecular weight excluding hydrogens is 386 g/mol. The van der Waals surface area contributed by atoms with Gasteiger partial charge in [0.1, 0.15) is 11.0 Å². The summed E-state index contributed by atoms with van der Waals surface area (Å²) in [6.07, 6.45) is 0.120. The van der Waals surface area contributed by atoms with Gasteiger partial charge < -0.3 is 10.1 Å². The summed E-state index contributed by atoms with van der Waals surface area (Å²) in [5.41, 5.74) is 1.34. The lowest BCUT2D eigenvalue weighted by molar-refractivity contribution is -0.121. The maximum absolute atomic E-state index is 12.7. The molecule has 6 nitrogen and oxygen atoms in total. The lowest BCUT2D eigenvalue weighted by atomic mass is 10.3. The van der Waals surface area contributed by atoms with Gasteiger partial charge in [-0.1, -0.05) is 23.4 Å². The minimum atomic E-state index is -0.530. The van der Waals surface area contributed by atoms with Gasteiger partial charge in [-0.2, -0.15) is 0 Å². The molecule has 1 aliphatic rings. The van der Waals surface area contributed by atoms with E-state index in [9.17, 15) is 9.59 Å². The summed E-state index contributed by atoms with van der Waals surface area (Å²) in [6.45, 7) is 0. The van der Waals surface area contributed by atoms with Crippen molar-refractivity contribution >= 4 is 51.7 Å². The largest absolute Gasteiger partial charge is 0.497 e. The predicted molar refractivity (Wildman–Crippen MR) is 110 cm³/mol. The van der Waals surface area contributed by atoms with Crippen molar-refractivity contribution in [3.63, 3.8) is 0 Å². The molecule has 0 radical (unpaired) electrons. The fourth-order valence-electron chi connectivity index (χ4n) is 2.63. The van der Waals surface area contributed by atoms with Gasteiger partial charge in [-0.3, -0.25) is 14.6 Å². The van der Waals surface area contributed by atoms with Gasteiger partial charge in [0.25, 0.3) is 0 Å². The van der Waals surface area contributed by atoms with E-state index in [0.717, 1.165) is 11.4 Å². The Balaban J connectivity index is 1.69. The van der Waals surface area contributed by atoms with Crippen LogP contribution in [0.5, 0.6) is 5.75 Å². The van der Waals surface area contributed by atoms with E-state index in [1.54, 1.807) is 38.4 Å². The van der Waals surface area contributed by atoms with Crippen molar-refractivity contribution in [2.45, 2.75) is 11.7 Å². The Labute approximate surface area is 166 Å². The number of ether oxygens (including phenoxy) is 1. The Morgan fingerprint density at radius 3 is 2.44 bits per heavy atom. The number of imide groups is 1. The standard InChI is InChI=1S/C19H18ClN3O3S/c1-21-19(22-13-5-9-15(26-2)10-6-13)27-16-11-17(24)23(18(16)25)14-7-3-12(20)4-8-14/h3-10,16H,11H2,1-2H3,(H,21,22)/t16-/m1/s1. The van der Waals surface area contributed by atoms with E-state index in [4.69, 9.17) is 16.3 Å². The number of amides is 2. The first-order chi connectivity index (χ1) is 13.0. The van der Waals surface area contributed by atoms with Gasteiger partial charge in [-0.15, -0.1) is 0 Å². The molecule has 2 aromatic carbocycles. The van der Waals surface area contributed by atoms with Crippen molar-refractivity contribution < 1.29 is 14.3 Å². The van der Waals surface area contributed by atoms with Crippen LogP contribution in [0.4, 0.5) is 11.4 Å². The molecule has 0 saturated carbocycles. The summed E-state index contributed by atoms with van der Waals surface area (Å²) < 4.78 is 5.14. The van der Waals surface area contributed by atoms with E-state index >= 15 is 0 Å². The number of halogens is 1. The Morgan fingerprint density at radius 2 is 1.85 bits per heavy atom. The van der Waals surface area contributed by atoms with Gasteiger partial charge in [0.15, 0.2) is 5.17 Å². The Bertz CT molecular complexity index is 869. The summed E-state index contributed by atoms with van der Waals surface area (Å²) in [5, 5.41) is 3.74. The molecular formula is C19H18ClN3O3S. The minimum absolute atomic E-state index is 0.120. The van der Waals surface area contributed by atoms with Crippen LogP contribution >= 0.6 is 23.4 Å². The average molecular weight is 404 g/mol. The van der Waals surface area contributed by atoms with Crippen LogP contribution in [0.25, 0.3) is 0 Å². The second-order valence-corrected chi connectivity index (χ2v) is 7.36. The summed E-state index contributed by atoms with van der Waals surface area (Å²) in [6, 6.07) is 14.0. The summed E-state index contributed by atoms with van der Waals surface area (Å²) in [4.78, 5) is 30.5. The molecule has 0 aliphatic carbocycles. The monoisotopic (exact) mass is 403 g/mol. The molecule has 0 aromatic heterocycles. The molecule has 1 fully saturated rings. The molecule has 8 heteroatoms. The van der Waals surface area contributed by atoms with E-state index < -0.39 is 5.25 Å². The van der Waals surface area contributed by atoms with Crippen LogP contribution in [0.1, 0.15) is 6.42 Å². The zero-order valence-corrected chi connectivity index (χ0v) is 16.4. The van der Waals surface area contributed by atoms with Crippen LogP contribution in [0, 0.1) is 0 Å². The predicted octanol–water partition coefficient (Wildman–Crippen LogP) is 3.81. The smallest absolute Gasteiger partial charge is 0.247 e. The summed E-state index contributed by atoms with van der Waals surface area (Å²) in [5.74, 6) is 0.253. The molecule has 1 saturated heterocycles. The molecule has 1 aliphatic heterocycles. The molecule has 1 heterocycles. The second kappa shape index (κ2) is 8.45. The van der Waals surface area contributed by atoms with Gasteiger partial charge in [0.05, 0.1) is 12.8 Å². The van der Waals surface area contributed by atoms with Crippen molar-refractivity contribution in [3.05, 3.63) is 53.6 Å². The first-order valence-corrected chi connectivity index (χ1v) is 9.44. The lowest BCUT2D eigenvalue weighted by Gasteiger charge is -2.16. The fourth-order valence-corrected chi connectivity index (χ4v) is 3.74. The molecule has 2 amide bonds. The number of rotatable bonds is 4. The number of hydrogen-bond acceptors (Lipinski definition) is 5. The van der Waals surface area contributed by atoms with E-state index in [2.05, 4.69) is 10.3 Å². The third-order valence-corrected chi connectivity index (χ3v) is 5.40. The molecule has 1 atom stereocenters. The number of thioether (sulfide) groups is 1. The number of nitrogens with one attached hydrogen (secondary N) is 1. The minimum Gasteiger partial charge on any atom is -0.497 e. The molecule has 3 rings (SSSR count). The molecule has 0 spiro atoms. The third kappa shape index (κ3) is 4.43.